The van der Waals surface area contributed by atoms with Crippen molar-refractivity contribution in [2.24, 2.45) is 11.8 Å². The number of Topliss-reactive ketones (excluding diaryl/α,β-unsaturated/α-hetero) is 2. The van der Waals surface area contributed by atoms with Crippen molar-refractivity contribution < 1.29 is 28.5 Å². The minimum Gasteiger partial charge on any atom is -0.490 e. The second kappa shape index (κ2) is 16.3. The van der Waals surface area contributed by atoms with E-state index in [0.717, 1.165) is 22.4 Å². The number of ether oxygens (including phenoxy) is 4. The van der Waals surface area contributed by atoms with Crippen LogP contribution in [0.4, 0.5) is 0 Å². The number of carbonyl (C=O) groups excluding carboxylic acids is 2. The van der Waals surface area contributed by atoms with Crippen molar-refractivity contribution in [1.82, 2.24) is 4.98 Å². The van der Waals surface area contributed by atoms with Crippen LogP contribution in [0.2, 0.25) is 0 Å². The highest BCUT2D eigenvalue weighted by Gasteiger charge is 2.14. The maximum atomic E-state index is 12.7. The Morgan fingerprint density at radius 3 is 2.16 bits per heavy atom. The summed E-state index contributed by atoms with van der Waals surface area (Å²) in [7, 11) is 0. The van der Waals surface area contributed by atoms with Gasteiger partial charge in [-0.3, -0.25) is 14.6 Å². The Morgan fingerprint density at radius 1 is 0.698 bits per heavy atom. The van der Waals surface area contributed by atoms with Crippen LogP contribution in [0, 0.1) is 11.8 Å². The molecule has 1 aromatic heterocycles. The van der Waals surface area contributed by atoms with Crippen molar-refractivity contribution >= 4 is 11.6 Å². The lowest BCUT2D eigenvalue weighted by Crippen LogP contribution is -2.21. The summed E-state index contributed by atoms with van der Waals surface area (Å²) >= 11 is 0. The quantitative estimate of drug-likeness (QED) is 0.123. The van der Waals surface area contributed by atoms with Crippen LogP contribution in [-0.2, 0) is 32.1 Å². The number of benzene rings is 3. The van der Waals surface area contributed by atoms with Crippen molar-refractivity contribution in [2.45, 2.75) is 33.8 Å². The van der Waals surface area contributed by atoms with Gasteiger partial charge >= 0.3 is 0 Å². The fourth-order valence-corrected chi connectivity index (χ4v) is 4.21. The third kappa shape index (κ3) is 10.5. The zero-order valence-electron chi connectivity index (χ0n) is 25.0. The smallest absolute Gasteiger partial charge is 0.161 e. The van der Waals surface area contributed by atoms with Gasteiger partial charge in [0, 0.05) is 17.4 Å². The normalized spacial score (nSPS) is 11.7. The van der Waals surface area contributed by atoms with Crippen LogP contribution in [-0.4, -0.2) is 43.0 Å². The summed E-state index contributed by atoms with van der Waals surface area (Å²) in [5.41, 5.74) is 3.91. The van der Waals surface area contributed by atoms with Crippen molar-refractivity contribution in [1.29, 1.82) is 0 Å². The van der Waals surface area contributed by atoms with E-state index < -0.39 is 0 Å². The van der Waals surface area contributed by atoms with Gasteiger partial charge in [-0.25, -0.2) is 0 Å². The van der Waals surface area contributed by atoms with Crippen LogP contribution < -0.4 is 9.47 Å². The minimum absolute atomic E-state index is 0.0280. The average Bonchev–Trinajstić information content (AvgIpc) is 3.02. The minimum atomic E-state index is -0.201. The molecule has 7 nitrogen and oxygen atoms in total. The van der Waals surface area contributed by atoms with Crippen LogP contribution in [0.5, 0.6) is 17.2 Å². The molecule has 0 saturated carbocycles. The van der Waals surface area contributed by atoms with Gasteiger partial charge in [-0.1, -0.05) is 75.4 Å². The van der Waals surface area contributed by atoms with Gasteiger partial charge in [-0.2, -0.15) is 0 Å². The van der Waals surface area contributed by atoms with E-state index in [2.05, 4.69) is 4.98 Å². The van der Waals surface area contributed by atoms with E-state index in [1.807, 2.05) is 112 Å². The highest BCUT2D eigenvalue weighted by Crippen LogP contribution is 2.24. The molecule has 0 radical (unpaired) electrons. The number of aromatic nitrogens is 1. The molecule has 1 heterocycles. The van der Waals surface area contributed by atoms with E-state index in [9.17, 15) is 9.59 Å². The molecule has 0 aliphatic rings. The molecule has 0 spiro atoms. The highest BCUT2D eigenvalue weighted by molar-refractivity contribution is 5.82. The first-order valence-corrected chi connectivity index (χ1v) is 14.6. The van der Waals surface area contributed by atoms with E-state index in [1.165, 1.54) is 0 Å². The molecule has 0 fully saturated rings. The number of rotatable bonds is 17. The standard InChI is InChI=1S/C36H39NO6/c1-26(2)35(38)24-41-23-28-12-14-31(15-13-28)43-32-11-7-8-29(21-32)20-27(3)36(39)25-40-18-19-42-33-16-17-34(37-22-33)30-9-5-4-6-10-30/h4-17,21-22,26-27H,18-20,23-25H2,1-3H3. The maximum absolute atomic E-state index is 12.7. The van der Waals surface area contributed by atoms with E-state index >= 15 is 0 Å². The largest absolute Gasteiger partial charge is 0.490 e. The molecule has 4 aromatic rings. The van der Waals surface area contributed by atoms with Crippen molar-refractivity contribution in [3.8, 4) is 28.5 Å². The monoisotopic (exact) mass is 581 g/mol. The Hall–Kier alpha value is -4.33. The summed E-state index contributed by atoms with van der Waals surface area (Å²) in [6, 6.07) is 29.1. The number of hydrogen-bond donors (Lipinski definition) is 0. The van der Waals surface area contributed by atoms with Crippen LogP contribution >= 0.6 is 0 Å². The van der Waals surface area contributed by atoms with Gasteiger partial charge < -0.3 is 18.9 Å². The molecule has 4 rings (SSSR count). The molecule has 3 aromatic carbocycles. The fraction of sp³-hybridized carbons (Fsp3) is 0.306. The lowest BCUT2D eigenvalue weighted by Gasteiger charge is -2.13. The fourth-order valence-electron chi connectivity index (χ4n) is 4.21. The number of ketones is 2. The van der Waals surface area contributed by atoms with Gasteiger partial charge in [0.25, 0.3) is 0 Å². The van der Waals surface area contributed by atoms with Crippen molar-refractivity contribution in [2.75, 3.05) is 26.4 Å². The van der Waals surface area contributed by atoms with Gasteiger partial charge in [0.1, 0.15) is 37.1 Å². The second-order valence-corrected chi connectivity index (χ2v) is 10.7. The Kier molecular flexibility index (Phi) is 12.0. The second-order valence-electron chi connectivity index (χ2n) is 10.7. The topological polar surface area (TPSA) is 84.0 Å². The third-order valence-corrected chi connectivity index (χ3v) is 6.85. The molecule has 0 saturated heterocycles. The van der Waals surface area contributed by atoms with E-state index in [4.69, 9.17) is 18.9 Å². The first kappa shape index (κ1) is 31.6. The van der Waals surface area contributed by atoms with Gasteiger partial charge in [0.15, 0.2) is 11.6 Å². The Balaban J connectivity index is 1.15. The lowest BCUT2D eigenvalue weighted by molar-refractivity contribution is -0.127. The molecule has 0 aliphatic heterocycles. The molecular weight excluding hydrogens is 542 g/mol. The number of carbonyl (C=O) groups is 2. The molecule has 224 valence electrons. The van der Waals surface area contributed by atoms with Crippen LogP contribution in [0.1, 0.15) is 31.9 Å². The first-order valence-electron chi connectivity index (χ1n) is 14.6. The van der Waals surface area contributed by atoms with Gasteiger partial charge in [0.05, 0.1) is 25.1 Å². The van der Waals surface area contributed by atoms with E-state index in [-0.39, 0.29) is 36.6 Å². The molecule has 0 bridgehead atoms. The molecule has 1 unspecified atom stereocenters. The zero-order chi connectivity index (χ0) is 30.4. The first-order chi connectivity index (χ1) is 20.9. The summed E-state index contributed by atoms with van der Waals surface area (Å²) in [5, 5.41) is 0. The summed E-state index contributed by atoms with van der Waals surface area (Å²) in [5.74, 6) is 1.95. The molecule has 43 heavy (non-hydrogen) atoms. The van der Waals surface area contributed by atoms with Crippen molar-refractivity contribution in [3.63, 3.8) is 0 Å². The van der Waals surface area contributed by atoms with E-state index in [1.54, 1.807) is 6.20 Å². The number of pyridine rings is 1. The van der Waals surface area contributed by atoms with Crippen molar-refractivity contribution in [3.05, 3.63) is 108 Å². The predicted octanol–water partition coefficient (Wildman–Crippen LogP) is 7.13. The summed E-state index contributed by atoms with van der Waals surface area (Å²) < 4.78 is 22.8. The van der Waals surface area contributed by atoms with Crippen LogP contribution in [0.15, 0.2) is 97.2 Å². The zero-order valence-corrected chi connectivity index (χ0v) is 25.0. The van der Waals surface area contributed by atoms with Crippen LogP contribution in [0.25, 0.3) is 11.3 Å². The average molecular weight is 582 g/mol. The molecular formula is C36H39NO6. The third-order valence-electron chi connectivity index (χ3n) is 6.85. The summed E-state index contributed by atoms with van der Waals surface area (Å²) in [6.45, 7) is 6.81. The molecule has 7 heteroatoms. The molecule has 0 N–H and O–H groups in total. The Labute approximate surface area is 253 Å². The molecule has 0 aliphatic carbocycles. The molecule has 1 atom stereocenters. The number of nitrogens with zero attached hydrogens (tertiary/aromatic N) is 1. The Morgan fingerprint density at radius 2 is 1.44 bits per heavy atom. The number of hydrogen-bond acceptors (Lipinski definition) is 7. The Bertz CT molecular complexity index is 1440. The van der Waals surface area contributed by atoms with E-state index in [0.29, 0.717) is 43.5 Å². The highest BCUT2D eigenvalue weighted by atomic mass is 16.5. The predicted molar refractivity (Wildman–Crippen MR) is 166 cm³/mol. The summed E-state index contributed by atoms with van der Waals surface area (Å²) in [6.07, 6.45) is 2.28. The maximum Gasteiger partial charge on any atom is 0.161 e. The van der Waals surface area contributed by atoms with Gasteiger partial charge in [-0.05, 0) is 53.9 Å². The SMILES string of the molecule is CC(C)C(=O)COCc1ccc(Oc2cccc(CC(C)C(=O)COCCOc3ccc(-c4ccccc4)nc3)c2)cc1. The summed E-state index contributed by atoms with van der Waals surface area (Å²) in [4.78, 5) is 28.8. The van der Waals surface area contributed by atoms with Gasteiger partial charge in [0.2, 0.25) is 0 Å². The lowest BCUT2D eigenvalue weighted by atomic mass is 9.97. The molecule has 0 amide bonds. The van der Waals surface area contributed by atoms with Gasteiger partial charge in [-0.15, -0.1) is 0 Å². The van der Waals surface area contributed by atoms with Crippen LogP contribution in [0.3, 0.4) is 0 Å².